The maximum absolute atomic E-state index is 13.2. The number of amides is 1. The number of hydrogen-bond donors (Lipinski definition) is 2. The van der Waals surface area contributed by atoms with Crippen molar-refractivity contribution in [3.8, 4) is 17.6 Å². The van der Waals surface area contributed by atoms with Crippen molar-refractivity contribution < 1.29 is 24.5 Å². The van der Waals surface area contributed by atoms with Crippen molar-refractivity contribution in [2.45, 2.75) is 32.2 Å². The van der Waals surface area contributed by atoms with E-state index in [1.165, 1.54) is 17.0 Å². The Kier molecular flexibility index (Phi) is 7.36. The molecule has 3 aromatic rings. The molecule has 0 radical (unpaired) electrons. The monoisotopic (exact) mass is 482 g/mol. The first-order valence-corrected chi connectivity index (χ1v) is 11.8. The molecule has 1 unspecified atom stereocenters. The second-order valence-corrected chi connectivity index (χ2v) is 8.50. The minimum absolute atomic E-state index is 0.0311. The molecule has 1 aliphatic rings. The number of ketones is 1. The number of aromatic hydroxyl groups is 1. The SMILES string of the molecule is CCCCCOc1ccc(/C(O)=C2\C(=O)C(=O)N(c3ccc(C#N)cc3)C2c2ccc(O)cc2)cc1. The molecule has 0 saturated carbocycles. The summed E-state index contributed by atoms with van der Waals surface area (Å²) in [5.74, 6) is -1.25. The minimum atomic E-state index is -0.927. The molecule has 1 atom stereocenters. The number of benzene rings is 3. The topological polar surface area (TPSA) is 111 Å². The van der Waals surface area contributed by atoms with E-state index in [1.54, 1.807) is 60.7 Å². The van der Waals surface area contributed by atoms with Gasteiger partial charge in [-0.05, 0) is 72.6 Å². The lowest BCUT2D eigenvalue weighted by atomic mass is 9.95. The highest BCUT2D eigenvalue weighted by Gasteiger charge is 2.46. The van der Waals surface area contributed by atoms with Crippen LogP contribution in [0.4, 0.5) is 5.69 Å². The molecule has 1 amide bonds. The molecule has 0 aromatic heterocycles. The van der Waals surface area contributed by atoms with Gasteiger partial charge in [-0.2, -0.15) is 5.26 Å². The fourth-order valence-electron chi connectivity index (χ4n) is 4.17. The first-order valence-electron chi connectivity index (χ1n) is 11.8. The van der Waals surface area contributed by atoms with Crippen LogP contribution < -0.4 is 9.64 Å². The van der Waals surface area contributed by atoms with Gasteiger partial charge in [-0.25, -0.2) is 0 Å². The van der Waals surface area contributed by atoms with Gasteiger partial charge in [0, 0.05) is 11.3 Å². The van der Waals surface area contributed by atoms with Crippen LogP contribution in [0, 0.1) is 11.3 Å². The van der Waals surface area contributed by atoms with E-state index in [-0.39, 0.29) is 17.1 Å². The summed E-state index contributed by atoms with van der Waals surface area (Å²) in [6, 6.07) is 20.2. The second-order valence-electron chi connectivity index (χ2n) is 8.50. The van der Waals surface area contributed by atoms with Gasteiger partial charge in [-0.3, -0.25) is 14.5 Å². The molecule has 2 N–H and O–H groups in total. The highest BCUT2D eigenvalue weighted by molar-refractivity contribution is 6.51. The number of ether oxygens (including phenoxy) is 1. The van der Waals surface area contributed by atoms with Gasteiger partial charge in [-0.15, -0.1) is 0 Å². The van der Waals surface area contributed by atoms with Crippen LogP contribution in [0.1, 0.15) is 48.9 Å². The van der Waals surface area contributed by atoms with Gasteiger partial charge in [0.15, 0.2) is 0 Å². The van der Waals surface area contributed by atoms with E-state index in [9.17, 15) is 19.8 Å². The van der Waals surface area contributed by atoms with Gasteiger partial charge in [0.05, 0.1) is 29.9 Å². The van der Waals surface area contributed by atoms with Gasteiger partial charge in [0.2, 0.25) is 0 Å². The van der Waals surface area contributed by atoms with Crippen molar-refractivity contribution in [3.63, 3.8) is 0 Å². The van der Waals surface area contributed by atoms with Crippen molar-refractivity contribution in [1.82, 2.24) is 0 Å². The number of carbonyl (C=O) groups excluding carboxylic acids is 2. The summed E-state index contributed by atoms with van der Waals surface area (Å²) in [5, 5.41) is 30.1. The predicted molar refractivity (Wildman–Crippen MR) is 136 cm³/mol. The molecular weight excluding hydrogens is 456 g/mol. The maximum atomic E-state index is 13.2. The quantitative estimate of drug-likeness (QED) is 0.191. The number of Topliss-reactive ketones (excluding diaryl/α,β-unsaturated/α-hetero) is 1. The zero-order chi connectivity index (χ0) is 25.7. The number of hydrogen-bond acceptors (Lipinski definition) is 6. The number of phenolic OH excluding ortho intramolecular Hbond substituents is 1. The zero-order valence-corrected chi connectivity index (χ0v) is 19.8. The van der Waals surface area contributed by atoms with Crippen LogP contribution in [0.15, 0.2) is 78.4 Å². The largest absolute Gasteiger partial charge is 0.508 e. The van der Waals surface area contributed by atoms with E-state index in [4.69, 9.17) is 10.00 Å². The standard InChI is InChI=1S/C29H26N2O5/c1-2-3-4-17-36-24-15-9-21(10-16-24)27(33)25-26(20-7-13-23(32)14-8-20)31(29(35)28(25)34)22-11-5-19(18-30)6-12-22/h5-16,26,32-33H,2-4,17H2,1H3/b27-25+. The van der Waals surface area contributed by atoms with Crippen LogP contribution in [0.3, 0.4) is 0 Å². The number of phenols is 1. The first kappa shape index (κ1) is 24.6. The molecule has 0 bridgehead atoms. The van der Waals surface area contributed by atoms with Crippen LogP contribution in [-0.2, 0) is 9.59 Å². The summed E-state index contributed by atoms with van der Waals surface area (Å²) >= 11 is 0. The lowest BCUT2D eigenvalue weighted by Gasteiger charge is -2.25. The lowest BCUT2D eigenvalue weighted by Crippen LogP contribution is -2.29. The fraction of sp³-hybridized carbons (Fsp3) is 0.207. The Morgan fingerprint density at radius 2 is 1.64 bits per heavy atom. The Morgan fingerprint density at radius 3 is 2.25 bits per heavy atom. The van der Waals surface area contributed by atoms with Crippen LogP contribution in [0.25, 0.3) is 5.76 Å². The number of aliphatic hydroxyl groups is 1. The Bertz CT molecular complexity index is 1320. The normalized spacial score (nSPS) is 16.7. The number of nitriles is 1. The number of aliphatic hydroxyl groups excluding tert-OH is 1. The summed E-state index contributed by atoms with van der Waals surface area (Å²) in [6.45, 7) is 2.71. The highest BCUT2D eigenvalue weighted by Crippen LogP contribution is 2.42. The van der Waals surface area contributed by atoms with Crippen molar-refractivity contribution in [2.75, 3.05) is 11.5 Å². The number of nitrogens with zero attached hydrogens (tertiary/aromatic N) is 2. The molecule has 0 aliphatic carbocycles. The highest BCUT2D eigenvalue weighted by atomic mass is 16.5. The van der Waals surface area contributed by atoms with Crippen molar-refractivity contribution >= 4 is 23.1 Å². The summed E-state index contributed by atoms with van der Waals surface area (Å²) in [5.41, 5.74) is 1.66. The molecule has 36 heavy (non-hydrogen) atoms. The summed E-state index contributed by atoms with van der Waals surface area (Å²) in [6.07, 6.45) is 3.12. The average Bonchev–Trinajstić information content (AvgIpc) is 3.17. The van der Waals surface area contributed by atoms with E-state index >= 15 is 0 Å². The summed E-state index contributed by atoms with van der Waals surface area (Å²) in [4.78, 5) is 27.7. The van der Waals surface area contributed by atoms with Gasteiger partial charge in [0.1, 0.15) is 17.3 Å². The van der Waals surface area contributed by atoms with E-state index < -0.39 is 17.7 Å². The molecule has 4 rings (SSSR count). The zero-order valence-electron chi connectivity index (χ0n) is 19.8. The third-order valence-electron chi connectivity index (χ3n) is 6.07. The number of unbranched alkanes of at least 4 members (excludes halogenated alkanes) is 2. The number of anilines is 1. The second kappa shape index (κ2) is 10.8. The third-order valence-corrected chi connectivity index (χ3v) is 6.07. The van der Waals surface area contributed by atoms with Gasteiger partial charge in [0.25, 0.3) is 11.7 Å². The lowest BCUT2D eigenvalue weighted by molar-refractivity contribution is -0.132. The predicted octanol–water partition coefficient (Wildman–Crippen LogP) is 5.46. The van der Waals surface area contributed by atoms with E-state index in [0.717, 1.165) is 19.3 Å². The molecule has 182 valence electrons. The fourth-order valence-corrected chi connectivity index (χ4v) is 4.17. The van der Waals surface area contributed by atoms with Gasteiger partial charge in [-0.1, -0.05) is 31.9 Å². The Morgan fingerprint density at radius 1 is 0.972 bits per heavy atom. The van der Waals surface area contributed by atoms with E-state index in [0.29, 0.717) is 34.7 Å². The third kappa shape index (κ3) is 4.93. The molecule has 1 saturated heterocycles. The van der Waals surface area contributed by atoms with Gasteiger partial charge < -0.3 is 14.9 Å². The van der Waals surface area contributed by atoms with Crippen molar-refractivity contribution in [2.24, 2.45) is 0 Å². The van der Waals surface area contributed by atoms with Crippen LogP contribution in [0.5, 0.6) is 11.5 Å². The molecule has 7 heteroatoms. The molecule has 0 spiro atoms. The van der Waals surface area contributed by atoms with E-state index in [1.807, 2.05) is 6.07 Å². The smallest absolute Gasteiger partial charge is 0.300 e. The van der Waals surface area contributed by atoms with Crippen LogP contribution in [-0.4, -0.2) is 28.5 Å². The molecule has 3 aromatic carbocycles. The summed E-state index contributed by atoms with van der Waals surface area (Å²) in [7, 11) is 0. The Hall–Kier alpha value is -4.57. The van der Waals surface area contributed by atoms with Crippen LogP contribution >= 0.6 is 0 Å². The molecule has 1 heterocycles. The summed E-state index contributed by atoms with van der Waals surface area (Å²) < 4.78 is 5.73. The average molecular weight is 483 g/mol. The maximum Gasteiger partial charge on any atom is 0.300 e. The molecule has 7 nitrogen and oxygen atoms in total. The van der Waals surface area contributed by atoms with Gasteiger partial charge >= 0.3 is 0 Å². The van der Waals surface area contributed by atoms with E-state index in [2.05, 4.69) is 6.92 Å². The first-order chi connectivity index (χ1) is 17.4. The number of rotatable bonds is 8. The Labute approximate surface area is 209 Å². The van der Waals surface area contributed by atoms with Crippen LogP contribution in [0.2, 0.25) is 0 Å². The van der Waals surface area contributed by atoms with Crippen molar-refractivity contribution in [1.29, 1.82) is 5.26 Å². The molecule has 1 fully saturated rings. The number of carbonyl (C=O) groups is 2. The molecular formula is C29H26N2O5. The van der Waals surface area contributed by atoms with Crippen molar-refractivity contribution in [3.05, 3.63) is 95.1 Å². The molecule has 1 aliphatic heterocycles. The Balaban J connectivity index is 1.75. The minimum Gasteiger partial charge on any atom is -0.508 e.